The standard InChI is InChI=1S/C16H32O2S/c1-14(2,3)9-7-8-12-19(17,18)13-16(10-11-16)15(4,5)6/h7-13H2,1-6H3. The van der Waals surface area contributed by atoms with Gasteiger partial charge in [-0.25, -0.2) is 8.42 Å². The van der Waals surface area contributed by atoms with E-state index in [4.69, 9.17) is 0 Å². The first-order valence-corrected chi connectivity index (χ1v) is 9.40. The molecule has 0 aromatic rings. The molecule has 2 nitrogen and oxygen atoms in total. The average Bonchev–Trinajstić information content (AvgIpc) is 2.90. The van der Waals surface area contributed by atoms with Gasteiger partial charge in [-0.3, -0.25) is 0 Å². The second-order valence-corrected chi connectivity index (χ2v) is 10.8. The van der Waals surface area contributed by atoms with E-state index in [1.807, 2.05) is 0 Å². The van der Waals surface area contributed by atoms with Crippen LogP contribution < -0.4 is 0 Å². The van der Waals surface area contributed by atoms with Crippen molar-refractivity contribution < 1.29 is 8.42 Å². The Morgan fingerprint density at radius 3 is 1.84 bits per heavy atom. The second kappa shape index (κ2) is 5.38. The van der Waals surface area contributed by atoms with Crippen LogP contribution in [0.4, 0.5) is 0 Å². The maximum atomic E-state index is 12.3. The van der Waals surface area contributed by atoms with Crippen molar-refractivity contribution in [2.24, 2.45) is 16.2 Å². The monoisotopic (exact) mass is 288 g/mol. The molecule has 0 atom stereocenters. The third kappa shape index (κ3) is 5.45. The quantitative estimate of drug-likeness (QED) is 0.677. The van der Waals surface area contributed by atoms with Gasteiger partial charge >= 0.3 is 0 Å². The molecule has 1 aliphatic carbocycles. The Labute approximate surface area is 120 Å². The molecule has 1 saturated carbocycles. The lowest BCUT2D eigenvalue weighted by molar-refractivity contribution is 0.239. The molecule has 0 spiro atoms. The Morgan fingerprint density at radius 2 is 1.47 bits per heavy atom. The molecule has 0 saturated heterocycles. The minimum atomic E-state index is -2.88. The van der Waals surface area contributed by atoms with Crippen LogP contribution in [0.5, 0.6) is 0 Å². The summed E-state index contributed by atoms with van der Waals surface area (Å²) in [5.41, 5.74) is 0.494. The largest absolute Gasteiger partial charge is 0.229 e. The molecule has 1 fully saturated rings. The Hall–Kier alpha value is -0.0500. The maximum absolute atomic E-state index is 12.3. The highest BCUT2D eigenvalue weighted by Gasteiger charge is 2.53. The SMILES string of the molecule is CC(C)(C)CCCCS(=O)(=O)CC1(C(C)(C)C)CC1. The zero-order chi connectivity index (χ0) is 14.9. The maximum Gasteiger partial charge on any atom is 0.150 e. The molecular formula is C16H32O2S. The van der Waals surface area contributed by atoms with Gasteiger partial charge in [-0.05, 0) is 41.9 Å². The van der Waals surface area contributed by atoms with E-state index in [9.17, 15) is 8.42 Å². The highest BCUT2D eigenvalue weighted by Crippen LogP contribution is 2.59. The summed E-state index contributed by atoms with van der Waals surface area (Å²) in [6.07, 6.45) is 5.10. The smallest absolute Gasteiger partial charge is 0.150 e. The minimum absolute atomic E-state index is 0.0653. The Bertz CT molecular complexity index is 389. The van der Waals surface area contributed by atoms with E-state index in [0.717, 1.165) is 32.1 Å². The van der Waals surface area contributed by atoms with E-state index in [-0.39, 0.29) is 10.8 Å². The highest BCUT2D eigenvalue weighted by molar-refractivity contribution is 7.91. The first kappa shape index (κ1) is 17.0. The lowest BCUT2D eigenvalue weighted by atomic mass is 9.79. The molecule has 0 bridgehead atoms. The van der Waals surface area contributed by atoms with Crippen molar-refractivity contribution in [3.63, 3.8) is 0 Å². The van der Waals surface area contributed by atoms with Gasteiger partial charge < -0.3 is 0 Å². The summed E-state index contributed by atoms with van der Waals surface area (Å²) in [5.74, 6) is 0.778. The van der Waals surface area contributed by atoms with E-state index in [2.05, 4.69) is 41.5 Å². The molecule has 19 heavy (non-hydrogen) atoms. The number of hydrogen-bond donors (Lipinski definition) is 0. The van der Waals surface area contributed by atoms with Gasteiger partial charge in [0.1, 0.15) is 0 Å². The summed E-state index contributed by atoms with van der Waals surface area (Å²) in [5, 5.41) is 0. The van der Waals surface area contributed by atoms with Gasteiger partial charge in [0.25, 0.3) is 0 Å². The Kier molecular flexibility index (Phi) is 4.82. The molecule has 0 amide bonds. The van der Waals surface area contributed by atoms with Crippen LogP contribution in [0, 0.1) is 16.2 Å². The number of sulfone groups is 1. The van der Waals surface area contributed by atoms with Crippen molar-refractivity contribution in [2.75, 3.05) is 11.5 Å². The van der Waals surface area contributed by atoms with Crippen molar-refractivity contribution in [1.29, 1.82) is 0 Å². The molecule has 114 valence electrons. The van der Waals surface area contributed by atoms with Gasteiger partial charge in [-0.2, -0.15) is 0 Å². The summed E-state index contributed by atoms with van der Waals surface area (Å²) in [6.45, 7) is 13.2. The summed E-state index contributed by atoms with van der Waals surface area (Å²) in [7, 11) is -2.88. The van der Waals surface area contributed by atoms with Gasteiger partial charge in [0.15, 0.2) is 9.84 Å². The zero-order valence-corrected chi connectivity index (χ0v) is 14.5. The van der Waals surface area contributed by atoms with Gasteiger partial charge in [-0.15, -0.1) is 0 Å². The van der Waals surface area contributed by atoms with Crippen LogP contribution in [0.1, 0.15) is 73.6 Å². The van der Waals surface area contributed by atoms with E-state index < -0.39 is 9.84 Å². The van der Waals surface area contributed by atoms with E-state index in [1.54, 1.807) is 0 Å². The molecule has 0 aliphatic heterocycles. The Morgan fingerprint density at radius 1 is 0.947 bits per heavy atom. The Balaban J connectivity index is 2.42. The lowest BCUT2D eigenvalue weighted by Crippen LogP contribution is -2.31. The van der Waals surface area contributed by atoms with Crippen LogP contribution in [-0.4, -0.2) is 19.9 Å². The second-order valence-electron chi connectivity index (χ2n) is 8.64. The first-order chi connectivity index (χ1) is 8.37. The highest BCUT2D eigenvalue weighted by atomic mass is 32.2. The fourth-order valence-corrected chi connectivity index (χ4v) is 5.08. The number of hydrogen-bond acceptors (Lipinski definition) is 2. The van der Waals surface area contributed by atoms with Gasteiger partial charge in [0.2, 0.25) is 0 Å². The average molecular weight is 288 g/mol. The van der Waals surface area contributed by atoms with Crippen molar-refractivity contribution in [3.05, 3.63) is 0 Å². The number of rotatable bonds is 6. The van der Waals surface area contributed by atoms with Crippen LogP contribution in [0.25, 0.3) is 0 Å². The third-order valence-electron chi connectivity index (χ3n) is 4.57. The summed E-state index contributed by atoms with van der Waals surface area (Å²) >= 11 is 0. The summed E-state index contributed by atoms with van der Waals surface area (Å²) < 4.78 is 24.5. The fraction of sp³-hybridized carbons (Fsp3) is 1.00. The van der Waals surface area contributed by atoms with Crippen molar-refractivity contribution in [1.82, 2.24) is 0 Å². The van der Waals surface area contributed by atoms with Gasteiger partial charge in [-0.1, -0.05) is 48.0 Å². The zero-order valence-electron chi connectivity index (χ0n) is 13.7. The molecule has 1 rings (SSSR count). The van der Waals surface area contributed by atoms with Crippen LogP contribution in [0.15, 0.2) is 0 Å². The minimum Gasteiger partial charge on any atom is -0.229 e. The fourth-order valence-electron chi connectivity index (χ4n) is 2.73. The molecule has 0 heterocycles. The van der Waals surface area contributed by atoms with Gasteiger partial charge in [0.05, 0.1) is 11.5 Å². The summed E-state index contributed by atoms with van der Waals surface area (Å²) in [6, 6.07) is 0. The molecule has 0 aromatic carbocycles. The van der Waals surface area contributed by atoms with E-state index in [0.29, 0.717) is 16.9 Å². The van der Waals surface area contributed by atoms with Gasteiger partial charge in [0, 0.05) is 0 Å². The third-order valence-corrected chi connectivity index (χ3v) is 6.48. The molecule has 0 unspecified atom stereocenters. The van der Waals surface area contributed by atoms with Crippen LogP contribution in [-0.2, 0) is 9.84 Å². The number of unbranched alkanes of at least 4 members (excludes halogenated alkanes) is 1. The van der Waals surface area contributed by atoms with Crippen molar-refractivity contribution >= 4 is 9.84 Å². The van der Waals surface area contributed by atoms with E-state index in [1.165, 1.54) is 0 Å². The summed E-state index contributed by atoms with van der Waals surface area (Å²) in [4.78, 5) is 0. The van der Waals surface area contributed by atoms with Crippen LogP contribution >= 0.6 is 0 Å². The molecular weight excluding hydrogens is 256 g/mol. The first-order valence-electron chi connectivity index (χ1n) is 7.57. The van der Waals surface area contributed by atoms with Crippen molar-refractivity contribution in [2.45, 2.75) is 73.6 Å². The molecule has 0 radical (unpaired) electrons. The van der Waals surface area contributed by atoms with Crippen LogP contribution in [0.2, 0.25) is 0 Å². The topological polar surface area (TPSA) is 34.1 Å². The lowest BCUT2D eigenvalue weighted by Gasteiger charge is -2.30. The predicted octanol–water partition coefficient (Wildman–Crippen LogP) is 4.44. The molecule has 1 aliphatic rings. The van der Waals surface area contributed by atoms with Crippen molar-refractivity contribution in [3.8, 4) is 0 Å². The molecule has 0 aromatic heterocycles. The predicted molar refractivity (Wildman–Crippen MR) is 83.1 cm³/mol. The van der Waals surface area contributed by atoms with E-state index >= 15 is 0 Å². The molecule has 0 N–H and O–H groups in total. The van der Waals surface area contributed by atoms with Crippen LogP contribution in [0.3, 0.4) is 0 Å². The molecule has 3 heteroatoms. The normalized spacial score (nSPS) is 19.5.